The van der Waals surface area contributed by atoms with Crippen molar-refractivity contribution < 1.29 is 27.4 Å². The Morgan fingerprint density at radius 2 is 2.00 bits per heavy atom. The van der Waals surface area contributed by atoms with Crippen molar-refractivity contribution in [3.05, 3.63) is 17.4 Å². The first kappa shape index (κ1) is 21.7. The predicted molar refractivity (Wildman–Crippen MR) is 101 cm³/mol. The number of amides is 1. The zero-order valence-corrected chi connectivity index (χ0v) is 16.8. The monoisotopic (exact) mass is 415 g/mol. The molecule has 1 aromatic heterocycles. The molecule has 2 N–H and O–H groups in total. The van der Waals surface area contributed by atoms with Crippen LogP contribution in [0.25, 0.3) is 0 Å². The van der Waals surface area contributed by atoms with Gasteiger partial charge in [0.1, 0.15) is 6.10 Å². The van der Waals surface area contributed by atoms with Crippen molar-refractivity contribution in [2.45, 2.75) is 70.1 Å². The maximum Gasteiger partial charge on any atom is 0.254 e. The number of ether oxygens (including phenoxy) is 2. The number of halogens is 3. The second kappa shape index (κ2) is 9.19. The molecule has 1 aromatic rings. The van der Waals surface area contributed by atoms with Gasteiger partial charge in [-0.25, -0.2) is 13.2 Å². The fourth-order valence-corrected chi connectivity index (χ4v) is 3.94. The standard InChI is InChI=1S/C20H28F3N3O3/c1-20(22,23)13-5-7-14(8-6-13)29-19-15(21)10-12(18(26-19)28-2)11-25-17(27)16-4-3-9-24-16/h10,13-14,16,24H,3-9,11H2,1-2H3,(H,25,27)/t13?,14?,16-/m0/s1. The topological polar surface area (TPSA) is 72.5 Å². The molecule has 1 atom stereocenters. The lowest BCUT2D eigenvalue weighted by Gasteiger charge is -2.31. The first-order valence-electron chi connectivity index (χ1n) is 10.1. The third kappa shape index (κ3) is 5.52. The number of carbonyl (C=O) groups is 1. The Balaban J connectivity index is 1.60. The number of nitrogens with zero attached hydrogens (tertiary/aromatic N) is 1. The van der Waals surface area contributed by atoms with Crippen LogP contribution in [-0.2, 0) is 11.3 Å². The van der Waals surface area contributed by atoms with Crippen molar-refractivity contribution in [3.8, 4) is 11.8 Å². The Bertz CT molecular complexity index is 713. The molecule has 0 radical (unpaired) electrons. The second-order valence-electron chi connectivity index (χ2n) is 7.86. The van der Waals surface area contributed by atoms with Crippen LogP contribution in [0, 0.1) is 11.7 Å². The molecule has 162 valence electrons. The van der Waals surface area contributed by atoms with E-state index in [1.165, 1.54) is 13.2 Å². The van der Waals surface area contributed by atoms with Gasteiger partial charge in [0.15, 0.2) is 5.82 Å². The van der Waals surface area contributed by atoms with Crippen molar-refractivity contribution in [2.75, 3.05) is 13.7 Å². The zero-order chi connectivity index (χ0) is 21.0. The summed E-state index contributed by atoms with van der Waals surface area (Å²) in [4.78, 5) is 16.2. The maximum absolute atomic E-state index is 14.5. The minimum Gasteiger partial charge on any atom is -0.481 e. The molecule has 0 bridgehead atoms. The smallest absolute Gasteiger partial charge is 0.254 e. The fourth-order valence-electron chi connectivity index (χ4n) is 3.94. The summed E-state index contributed by atoms with van der Waals surface area (Å²) in [5.41, 5.74) is 0.401. The van der Waals surface area contributed by atoms with Gasteiger partial charge in [-0.2, -0.15) is 4.98 Å². The minimum atomic E-state index is -2.71. The Morgan fingerprint density at radius 3 is 2.59 bits per heavy atom. The number of carbonyl (C=O) groups excluding carboxylic acids is 1. The first-order chi connectivity index (χ1) is 13.8. The summed E-state index contributed by atoms with van der Waals surface area (Å²) < 4.78 is 52.3. The lowest BCUT2D eigenvalue weighted by molar-refractivity contribution is -0.122. The van der Waals surface area contributed by atoms with Crippen LogP contribution in [0.3, 0.4) is 0 Å². The number of aromatic nitrogens is 1. The van der Waals surface area contributed by atoms with Crippen LogP contribution in [0.1, 0.15) is 51.0 Å². The van der Waals surface area contributed by atoms with Gasteiger partial charge in [0, 0.05) is 18.0 Å². The zero-order valence-electron chi connectivity index (χ0n) is 16.8. The number of hydrogen-bond donors (Lipinski definition) is 2. The van der Waals surface area contributed by atoms with Crippen LogP contribution in [0.15, 0.2) is 6.07 Å². The van der Waals surface area contributed by atoms with Gasteiger partial charge >= 0.3 is 0 Å². The van der Waals surface area contributed by atoms with Crippen molar-refractivity contribution in [3.63, 3.8) is 0 Å². The van der Waals surface area contributed by atoms with Gasteiger partial charge in [-0.3, -0.25) is 4.79 Å². The van der Waals surface area contributed by atoms with E-state index in [4.69, 9.17) is 9.47 Å². The van der Waals surface area contributed by atoms with Crippen LogP contribution < -0.4 is 20.1 Å². The van der Waals surface area contributed by atoms with E-state index in [1.807, 2.05) is 0 Å². The molecule has 29 heavy (non-hydrogen) atoms. The largest absolute Gasteiger partial charge is 0.481 e. The van der Waals surface area contributed by atoms with E-state index in [2.05, 4.69) is 15.6 Å². The highest BCUT2D eigenvalue weighted by Gasteiger charge is 2.37. The normalized spacial score (nSPS) is 24.9. The number of nitrogens with one attached hydrogen (secondary N) is 2. The van der Waals surface area contributed by atoms with Gasteiger partial charge in [-0.05, 0) is 58.1 Å². The molecular formula is C20H28F3N3O3. The average Bonchev–Trinajstić information content (AvgIpc) is 3.22. The molecule has 0 aromatic carbocycles. The van der Waals surface area contributed by atoms with E-state index >= 15 is 0 Å². The molecule has 1 aliphatic heterocycles. The molecule has 2 heterocycles. The third-order valence-corrected chi connectivity index (χ3v) is 5.68. The van der Waals surface area contributed by atoms with E-state index in [1.54, 1.807) is 0 Å². The summed E-state index contributed by atoms with van der Waals surface area (Å²) in [6.07, 6.45) is 2.85. The van der Waals surface area contributed by atoms with Crippen LogP contribution in [0.2, 0.25) is 0 Å². The molecule has 2 aliphatic rings. The summed E-state index contributed by atoms with van der Waals surface area (Å²) in [7, 11) is 1.41. The Kier molecular flexibility index (Phi) is 6.87. The van der Waals surface area contributed by atoms with E-state index in [0.29, 0.717) is 31.2 Å². The third-order valence-electron chi connectivity index (χ3n) is 5.68. The summed E-state index contributed by atoms with van der Waals surface area (Å²) in [5.74, 6) is -4.24. The summed E-state index contributed by atoms with van der Waals surface area (Å²) in [6, 6.07) is 1.00. The van der Waals surface area contributed by atoms with E-state index in [9.17, 15) is 18.0 Å². The van der Waals surface area contributed by atoms with Crippen LogP contribution >= 0.6 is 0 Å². The molecule has 0 spiro atoms. The first-order valence-corrected chi connectivity index (χ1v) is 10.1. The van der Waals surface area contributed by atoms with Crippen LogP contribution in [0.4, 0.5) is 13.2 Å². The number of pyridine rings is 1. The van der Waals surface area contributed by atoms with E-state index in [-0.39, 0.29) is 36.4 Å². The lowest BCUT2D eigenvalue weighted by Crippen LogP contribution is -2.40. The quantitative estimate of drug-likeness (QED) is 0.716. The molecule has 9 heteroatoms. The van der Waals surface area contributed by atoms with Crippen molar-refractivity contribution in [1.29, 1.82) is 0 Å². The van der Waals surface area contributed by atoms with Gasteiger partial charge in [0.2, 0.25) is 17.7 Å². The van der Waals surface area contributed by atoms with Gasteiger partial charge in [-0.15, -0.1) is 0 Å². The predicted octanol–water partition coefficient (Wildman–Crippen LogP) is 3.19. The van der Waals surface area contributed by atoms with Crippen molar-refractivity contribution in [2.24, 2.45) is 5.92 Å². The molecule has 1 saturated heterocycles. The highest BCUT2D eigenvalue weighted by molar-refractivity contribution is 5.82. The highest BCUT2D eigenvalue weighted by Crippen LogP contribution is 2.37. The molecule has 6 nitrogen and oxygen atoms in total. The summed E-state index contributed by atoms with van der Waals surface area (Å²) >= 11 is 0. The van der Waals surface area contributed by atoms with Crippen molar-refractivity contribution >= 4 is 5.91 Å². The molecule has 1 saturated carbocycles. The molecule has 2 fully saturated rings. The summed E-state index contributed by atoms with van der Waals surface area (Å²) in [5, 5.41) is 5.86. The molecule has 0 unspecified atom stereocenters. The van der Waals surface area contributed by atoms with E-state index < -0.39 is 17.7 Å². The second-order valence-corrected chi connectivity index (χ2v) is 7.86. The Labute approximate surface area is 168 Å². The molecule has 3 rings (SSSR count). The number of alkyl halides is 2. The lowest BCUT2D eigenvalue weighted by atomic mass is 9.84. The summed E-state index contributed by atoms with van der Waals surface area (Å²) in [6.45, 7) is 1.83. The Hall–Kier alpha value is -2.03. The number of rotatable bonds is 7. The SMILES string of the molecule is COc1nc(OC2CCC(C(C)(F)F)CC2)c(F)cc1CNC(=O)[C@@H]1CCCN1. The molecule has 1 aliphatic carbocycles. The number of hydrogen-bond acceptors (Lipinski definition) is 5. The molecular weight excluding hydrogens is 387 g/mol. The van der Waals surface area contributed by atoms with Crippen molar-refractivity contribution in [1.82, 2.24) is 15.6 Å². The Morgan fingerprint density at radius 1 is 1.28 bits per heavy atom. The van der Waals surface area contributed by atoms with Gasteiger partial charge < -0.3 is 20.1 Å². The van der Waals surface area contributed by atoms with Gasteiger partial charge in [0.25, 0.3) is 5.88 Å². The van der Waals surface area contributed by atoms with Crippen LogP contribution in [-0.4, -0.2) is 42.6 Å². The fraction of sp³-hybridized carbons (Fsp3) is 0.700. The van der Waals surface area contributed by atoms with Gasteiger partial charge in [-0.1, -0.05) is 0 Å². The highest BCUT2D eigenvalue weighted by atomic mass is 19.3. The van der Waals surface area contributed by atoms with Crippen LogP contribution in [0.5, 0.6) is 11.8 Å². The maximum atomic E-state index is 14.5. The number of methoxy groups -OCH3 is 1. The van der Waals surface area contributed by atoms with E-state index in [0.717, 1.165) is 26.3 Å². The van der Waals surface area contributed by atoms with Gasteiger partial charge in [0.05, 0.1) is 13.2 Å². The average molecular weight is 415 g/mol. The molecule has 1 amide bonds. The minimum absolute atomic E-state index is 0.0844.